The number of benzene rings is 1. The number of hydrogen-bond donors (Lipinski definition) is 3. The Balaban J connectivity index is 1.41. The van der Waals surface area contributed by atoms with Crippen molar-refractivity contribution in [3.05, 3.63) is 72.7 Å². The quantitative estimate of drug-likeness (QED) is 0.277. The van der Waals surface area contributed by atoms with E-state index in [-0.39, 0.29) is 5.82 Å². The van der Waals surface area contributed by atoms with E-state index in [1.165, 1.54) is 12.1 Å². The fourth-order valence-corrected chi connectivity index (χ4v) is 4.50. The van der Waals surface area contributed by atoms with E-state index in [2.05, 4.69) is 40.3 Å². The number of nitrogens with one attached hydrogen (secondary N) is 3. The van der Waals surface area contributed by atoms with Gasteiger partial charge in [-0.15, -0.1) is 0 Å². The molecule has 9 nitrogen and oxygen atoms in total. The highest BCUT2D eigenvalue weighted by atomic mass is 19.1. The lowest BCUT2D eigenvalue weighted by molar-refractivity contribution is 0.425. The zero-order chi connectivity index (χ0) is 26.2. The number of fused-ring (bicyclic) bond motifs is 2. The van der Waals surface area contributed by atoms with Crippen LogP contribution >= 0.6 is 0 Å². The van der Waals surface area contributed by atoms with Crippen molar-refractivity contribution in [2.45, 2.75) is 6.92 Å². The van der Waals surface area contributed by atoms with Crippen LogP contribution in [0.4, 0.5) is 10.1 Å². The van der Waals surface area contributed by atoms with Gasteiger partial charge >= 0.3 is 0 Å². The van der Waals surface area contributed by atoms with Gasteiger partial charge in [0, 0.05) is 53.9 Å². The monoisotopic (exact) mass is 507 g/mol. The minimum absolute atomic E-state index is 0.327. The first-order valence-electron chi connectivity index (χ1n) is 12.2. The highest BCUT2D eigenvalue weighted by Gasteiger charge is 2.17. The average molecular weight is 508 g/mol. The van der Waals surface area contributed by atoms with Crippen LogP contribution in [0.15, 0.2) is 61.3 Å². The van der Waals surface area contributed by atoms with Crippen molar-refractivity contribution in [3.8, 4) is 33.9 Å². The zero-order valence-corrected chi connectivity index (χ0v) is 21.2. The third-order valence-electron chi connectivity index (χ3n) is 6.48. The SMILES string of the molecule is Cc1ccncc1-c1cc2c(-c3nc4c(-c5cc(F)cc(NCCN(C)C)c5)cncc4[nH]3)n[nH]c2cn1. The number of aromatic nitrogens is 7. The van der Waals surface area contributed by atoms with Gasteiger partial charge in [0.05, 0.1) is 34.6 Å². The van der Waals surface area contributed by atoms with E-state index in [0.29, 0.717) is 34.8 Å². The van der Waals surface area contributed by atoms with Gasteiger partial charge in [0.2, 0.25) is 0 Å². The molecule has 0 bridgehead atoms. The van der Waals surface area contributed by atoms with E-state index in [1.807, 2.05) is 45.4 Å². The molecule has 0 unspecified atom stereocenters. The molecule has 1 aromatic carbocycles. The van der Waals surface area contributed by atoms with Gasteiger partial charge in [0.1, 0.15) is 11.5 Å². The molecule has 0 atom stereocenters. The molecule has 0 aliphatic carbocycles. The van der Waals surface area contributed by atoms with Crippen molar-refractivity contribution in [2.24, 2.45) is 0 Å². The molecule has 10 heteroatoms. The van der Waals surface area contributed by atoms with E-state index < -0.39 is 0 Å². The smallest absolute Gasteiger partial charge is 0.159 e. The van der Waals surface area contributed by atoms with Crippen molar-refractivity contribution in [1.82, 2.24) is 40.0 Å². The Labute approximate surface area is 218 Å². The molecule has 0 aliphatic heterocycles. The molecular weight excluding hydrogens is 481 g/mol. The minimum atomic E-state index is -0.327. The lowest BCUT2D eigenvalue weighted by atomic mass is 10.1. The highest BCUT2D eigenvalue weighted by Crippen LogP contribution is 2.33. The molecule has 0 saturated heterocycles. The van der Waals surface area contributed by atoms with Crippen LogP contribution in [0.2, 0.25) is 0 Å². The van der Waals surface area contributed by atoms with Gasteiger partial charge in [-0.3, -0.25) is 20.1 Å². The second-order valence-electron chi connectivity index (χ2n) is 9.51. The lowest BCUT2D eigenvalue weighted by Crippen LogP contribution is -2.20. The number of halogens is 1. The fraction of sp³-hybridized carbons (Fsp3) is 0.179. The number of hydrogen-bond acceptors (Lipinski definition) is 7. The van der Waals surface area contributed by atoms with Gasteiger partial charge in [-0.1, -0.05) is 0 Å². The van der Waals surface area contributed by atoms with Crippen LogP contribution < -0.4 is 5.32 Å². The Hall–Kier alpha value is -4.70. The fourth-order valence-electron chi connectivity index (χ4n) is 4.50. The molecule has 0 amide bonds. The topological polar surface area (TPSA) is 111 Å². The summed E-state index contributed by atoms with van der Waals surface area (Å²) in [5.41, 5.74) is 7.86. The lowest BCUT2D eigenvalue weighted by Gasteiger charge is -2.12. The van der Waals surface area contributed by atoms with Crippen molar-refractivity contribution in [3.63, 3.8) is 0 Å². The van der Waals surface area contributed by atoms with Gasteiger partial charge in [0.15, 0.2) is 5.82 Å². The van der Waals surface area contributed by atoms with Crippen LogP contribution in [0.5, 0.6) is 0 Å². The van der Waals surface area contributed by atoms with E-state index in [9.17, 15) is 4.39 Å². The molecule has 3 N–H and O–H groups in total. The van der Waals surface area contributed by atoms with Crippen LogP contribution in [0, 0.1) is 12.7 Å². The van der Waals surface area contributed by atoms with Crippen molar-refractivity contribution < 1.29 is 4.39 Å². The summed E-state index contributed by atoms with van der Waals surface area (Å²) >= 11 is 0. The van der Waals surface area contributed by atoms with E-state index >= 15 is 0 Å². The van der Waals surface area contributed by atoms with Gasteiger partial charge in [-0.25, -0.2) is 9.37 Å². The number of rotatable bonds is 7. The normalized spacial score (nSPS) is 11.6. The zero-order valence-electron chi connectivity index (χ0n) is 21.2. The highest BCUT2D eigenvalue weighted by molar-refractivity contribution is 5.97. The number of aromatic amines is 2. The molecule has 5 heterocycles. The molecule has 0 aliphatic rings. The minimum Gasteiger partial charge on any atom is -0.384 e. The maximum Gasteiger partial charge on any atom is 0.159 e. The predicted octanol–water partition coefficient (Wildman–Crippen LogP) is 5.05. The van der Waals surface area contributed by atoms with Gasteiger partial charge in [0.25, 0.3) is 0 Å². The third-order valence-corrected chi connectivity index (χ3v) is 6.48. The van der Waals surface area contributed by atoms with E-state index in [0.717, 1.165) is 45.3 Å². The van der Waals surface area contributed by atoms with Crippen molar-refractivity contribution in [2.75, 3.05) is 32.5 Å². The van der Waals surface area contributed by atoms with Crippen LogP contribution in [-0.4, -0.2) is 67.2 Å². The first-order chi connectivity index (χ1) is 18.5. The van der Waals surface area contributed by atoms with Crippen LogP contribution in [0.3, 0.4) is 0 Å². The number of nitrogens with zero attached hydrogens (tertiary/aromatic N) is 6. The molecule has 38 heavy (non-hydrogen) atoms. The van der Waals surface area contributed by atoms with Crippen molar-refractivity contribution >= 4 is 27.6 Å². The number of aryl methyl sites for hydroxylation is 1. The third kappa shape index (κ3) is 4.46. The first kappa shape index (κ1) is 23.7. The summed E-state index contributed by atoms with van der Waals surface area (Å²) in [6.07, 6.45) is 8.76. The van der Waals surface area contributed by atoms with Crippen LogP contribution in [-0.2, 0) is 0 Å². The predicted molar refractivity (Wildman–Crippen MR) is 147 cm³/mol. The maximum atomic E-state index is 14.6. The largest absolute Gasteiger partial charge is 0.384 e. The number of likely N-dealkylation sites (N-methyl/N-ethyl adjacent to an activating group) is 1. The maximum absolute atomic E-state index is 14.6. The Morgan fingerprint density at radius 2 is 1.84 bits per heavy atom. The van der Waals surface area contributed by atoms with Crippen molar-refractivity contribution in [1.29, 1.82) is 0 Å². The molecular formula is C28H26FN9. The van der Waals surface area contributed by atoms with Crippen LogP contribution in [0.25, 0.3) is 55.8 Å². The summed E-state index contributed by atoms with van der Waals surface area (Å²) < 4.78 is 14.6. The Kier molecular flexibility index (Phi) is 6.01. The molecule has 6 aromatic rings. The summed E-state index contributed by atoms with van der Waals surface area (Å²) in [4.78, 5) is 23.5. The number of imidazole rings is 1. The van der Waals surface area contributed by atoms with Crippen LogP contribution in [0.1, 0.15) is 5.56 Å². The van der Waals surface area contributed by atoms with Gasteiger partial charge < -0.3 is 15.2 Å². The Morgan fingerprint density at radius 3 is 2.68 bits per heavy atom. The van der Waals surface area contributed by atoms with E-state index in [1.54, 1.807) is 24.8 Å². The summed E-state index contributed by atoms with van der Waals surface area (Å²) in [5, 5.41) is 11.7. The standard InChI is InChI=1S/C28H26FN9/c1-16-4-5-30-12-21(16)23-11-20-24(15-33-23)36-37-27(20)28-34-25-14-31-13-22(26(25)35-28)17-8-18(29)10-19(9-17)32-6-7-38(2)3/h4-5,8-15,32H,6-7H2,1-3H3,(H,34,35)(H,36,37). The molecule has 0 spiro atoms. The second-order valence-corrected chi connectivity index (χ2v) is 9.51. The number of pyridine rings is 3. The molecule has 6 rings (SSSR count). The second kappa shape index (κ2) is 9.64. The molecule has 0 fully saturated rings. The molecule has 5 aromatic heterocycles. The summed E-state index contributed by atoms with van der Waals surface area (Å²) in [6.45, 7) is 3.57. The summed E-state index contributed by atoms with van der Waals surface area (Å²) in [6, 6.07) is 8.86. The summed E-state index contributed by atoms with van der Waals surface area (Å²) in [7, 11) is 4.00. The first-order valence-corrected chi connectivity index (χ1v) is 12.2. The molecule has 0 saturated carbocycles. The summed E-state index contributed by atoms with van der Waals surface area (Å²) in [5.74, 6) is 0.257. The molecule has 190 valence electrons. The van der Waals surface area contributed by atoms with Gasteiger partial charge in [-0.2, -0.15) is 5.10 Å². The average Bonchev–Trinajstić information content (AvgIpc) is 3.52. The Morgan fingerprint density at radius 1 is 0.974 bits per heavy atom. The Bertz CT molecular complexity index is 1770. The number of anilines is 1. The molecule has 0 radical (unpaired) electrons. The van der Waals surface area contributed by atoms with Gasteiger partial charge in [-0.05, 0) is 62.5 Å². The number of H-pyrrole nitrogens is 2. The van der Waals surface area contributed by atoms with E-state index in [4.69, 9.17) is 4.98 Å².